The molecule has 2 rings (SSSR count). The summed E-state index contributed by atoms with van der Waals surface area (Å²) in [4.78, 5) is 16.1. The molecule has 1 aromatic carbocycles. The monoisotopic (exact) mass is 334 g/mol. The molecule has 0 spiro atoms. The van der Waals surface area contributed by atoms with Gasteiger partial charge in [0, 0.05) is 18.2 Å². The Morgan fingerprint density at radius 1 is 1.36 bits per heavy atom. The van der Waals surface area contributed by atoms with Gasteiger partial charge in [0.15, 0.2) is 14.8 Å². The quantitative estimate of drug-likeness (QED) is 0.841. The Morgan fingerprint density at radius 2 is 2.05 bits per heavy atom. The molecule has 0 aliphatic heterocycles. The van der Waals surface area contributed by atoms with Crippen LogP contribution in [0.15, 0.2) is 34.5 Å². The lowest BCUT2D eigenvalue weighted by Crippen LogP contribution is -2.26. The van der Waals surface area contributed by atoms with E-state index in [-0.39, 0.29) is 10.8 Å². The van der Waals surface area contributed by atoms with Gasteiger partial charge in [-0.3, -0.25) is 4.79 Å². The van der Waals surface area contributed by atoms with E-state index in [1.165, 1.54) is 17.6 Å². The number of amides is 1. The van der Waals surface area contributed by atoms with Gasteiger partial charge in [0.25, 0.3) is 5.91 Å². The van der Waals surface area contributed by atoms with Crippen molar-refractivity contribution in [3.63, 3.8) is 0 Å². The molecule has 0 saturated heterocycles. The molecule has 1 amide bonds. The van der Waals surface area contributed by atoms with E-state index in [1.54, 1.807) is 29.6 Å². The van der Waals surface area contributed by atoms with Gasteiger partial charge >= 0.3 is 0 Å². The van der Waals surface area contributed by atoms with Crippen LogP contribution in [0.5, 0.6) is 0 Å². The first kappa shape index (κ1) is 16.2. The first-order valence-electron chi connectivity index (χ1n) is 6.39. The zero-order valence-corrected chi connectivity index (χ0v) is 13.5. The molecule has 0 aliphatic carbocycles. The number of terminal acetylenes is 1. The van der Waals surface area contributed by atoms with E-state index in [9.17, 15) is 13.2 Å². The van der Waals surface area contributed by atoms with Gasteiger partial charge in [-0.2, -0.15) is 0 Å². The van der Waals surface area contributed by atoms with Gasteiger partial charge in [0.05, 0.1) is 4.90 Å². The largest absolute Gasteiger partial charge is 0.350 e. The topological polar surface area (TPSA) is 76.1 Å². The fraction of sp³-hybridized carbons (Fsp3) is 0.200. The summed E-state index contributed by atoms with van der Waals surface area (Å²) in [6, 6.07) is 6.60. The minimum Gasteiger partial charge on any atom is -0.350 e. The van der Waals surface area contributed by atoms with Gasteiger partial charge in [0.2, 0.25) is 0 Å². The molecule has 1 aromatic heterocycles. The molecule has 2 aromatic rings. The van der Waals surface area contributed by atoms with Crippen LogP contribution in [-0.4, -0.2) is 32.1 Å². The Bertz CT molecular complexity index is 815. The van der Waals surface area contributed by atoms with Crippen molar-refractivity contribution in [1.29, 1.82) is 0 Å². The van der Waals surface area contributed by atoms with Gasteiger partial charge in [-0.1, -0.05) is 12.1 Å². The molecule has 0 bridgehead atoms. The predicted octanol–water partition coefficient (Wildman–Crippen LogP) is 1.50. The molecule has 0 fully saturated rings. The van der Waals surface area contributed by atoms with Crippen LogP contribution >= 0.6 is 11.3 Å². The van der Waals surface area contributed by atoms with Gasteiger partial charge in [0.1, 0.15) is 5.69 Å². The van der Waals surface area contributed by atoms with Crippen LogP contribution < -0.4 is 5.32 Å². The van der Waals surface area contributed by atoms with Crippen LogP contribution in [0.25, 0.3) is 0 Å². The average molecular weight is 334 g/mol. The zero-order chi connectivity index (χ0) is 16.2. The molecular formula is C15H14N2O3S2. The molecule has 1 heterocycles. The standard InChI is InChI=1S/C15H14N2O3S2/c1-3-14-17-13(10-21-14)15(18)16-9-8-11-4-6-12(7-5-11)22(2,19)20/h1,4-7,10H,8-9H2,2H3,(H,16,18). The van der Waals surface area contributed by atoms with Gasteiger partial charge in [-0.05, 0) is 30.0 Å². The van der Waals surface area contributed by atoms with Crippen LogP contribution in [0.1, 0.15) is 21.1 Å². The van der Waals surface area contributed by atoms with Crippen LogP contribution in [0.3, 0.4) is 0 Å². The van der Waals surface area contributed by atoms with Crippen molar-refractivity contribution < 1.29 is 13.2 Å². The minimum absolute atomic E-state index is 0.273. The number of nitrogens with one attached hydrogen (secondary N) is 1. The second kappa shape index (κ2) is 6.73. The molecule has 7 heteroatoms. The number of carbonyl (C=O) groups excluding carboxylic acids is 1. The fourth-order valence-corrected chi connectivity index (χ4v) is 2.99. The number of rotatable bonds is 5. The number of nitrogens with zero attached hydrogens (tertiary/aromatic N) is 1. The molecule has 5 nitrogen and oxygen atoms in total. The van der Waals surface area contributed by atoms with E-state index < -0.39 is 9.84 Å². The third-order valence-electron chi connectivity index (χ3n) is 2.91. The summed E-state index contributed by atoms with van der Waals surface area (Å²) in [6.45, 7) is 0.431. The van der Waals surface area contributed by atoms with Crippen LogP contribution in [0.4, 0.5) is 0 Å². The lowest BCUT2D eigenvalue weighted by Gasteiger charge is -2.04. The Balaban J connectivity index is 1.88. The highest BCUT2D eigenvalue weighted by atomic mass is 32.2. The molecule has 0 saturated carbocycles. The first-order chi connectivity index (χ1) is 10.4. The molecule has 114 valence electrons. The number of sulfone groups is 1. The van der Waals surface area contributed by atoms with Gasteiger partial charge < -0.3 is 5.32 Å². The predicted molar refractivity (Wildman–Crippen MR) is 85.6 cm³/mol. The van der Waals surface area contributed by atoms with E-state index in [0.717, 1.165) is 5.56 Å². The Morgan fingerprint density at radius 3 is 2.59 bits per heavy atom. The Labute approximate surface area is 133 Å². The van der Waals surface area contributed by atoms with Crippen molar-refractivity contribution in [1.82, 2.24) is 10.3 Å². The summed E-state index contributed by atoms with van der Waals surface area (Å²) >= 11 is 1.25. The normalized spacial score (nSPS) is 10.9. The molecule has 22 heavy (non-hydrogen) atoms. The summed E-state index contributed by atoms with van der Waals surface area (Å²) in [6.07, 6.45) is 6.97. The maximum absolute atomic E-state index is 11.8. The van der Waals surface area contributed by atoms with Crippen LogP contribution in [-0.2, 0) is 16.3 Å². The number of thiazole rings is 1. The molecule has 0 atom stereocenters. The van der Waals surface area contributed by atoms with Crippen LogP contribution in [0.2, 0.25) is 0 Å². The van der Waals surface area contributed by atoms with Gasteiger partial charge in [-0.15, -0.1) is 17.8 Å². The zero-order valence-electron chi connectivity index (χ0n) is 11.9. The smallest absolute Gasteiger partial charge is 0.270 e. The lowest BCUT2D eigenvalue weighted by molar-refractivity contribution is 0.0950. The van der Waals surface area contributed by atoms with Crippen molar-refractivity contribution in [2.45, 2.75) is 11.3 Å². The summed E-state index contributed by atoms with van der Waals surface area (Å²) in [5.41, 5.74) is 1.25. The highest BCUT2D eigenvalue weighted by Crippen LogP contribution is 2.11. The maximum atomic E-state index is 11.8. The summed E-state index contributed by atoms with van der Waals surface area (Å²) in [7, 11) is -3.18. The molecule has 0 aliphatic rings. The molecule has 1 N–H and O–H groups in total. The number of hydrogen-bond donors (Lipinski definition) is 1. The van der Waals surface area contributed by atoms with Crippen molar-refractivity contribution in [2.24, 2.45) is 0 Å². The van der Waals surface area contributed by atoms with Crippen LogP contribution in [0, 0.1) is 12.3 Å². The van der Waals surface area contributed by atoms with E-state index in [0.29, 0.717) is 23.7 Å². The molecular weight excluding hydrogens is 320 g/mol. The SMILES string of the molecule is C#Cc1nc(C(=O)NCCc2ccc(S(C)(=O)=O)cc2)cs1. The van der Waals surface area contributed by atoms with E-state index in [4.69, 9.17) is 6.42 Å². The number of carbonyl (C=O) groups is 1. The first-order valence-corrected chi connectivity index (χ1v) is 9.16. The van der Waals surface area contributed by atoms with Crippen molar-refractivity contribution >= 4 is 27.1 Å². The van der Waals surface area contributed by atoms with Crippen molar-refractivity contribution in [2.75, 3.05) is 12.8 Å². The number of benzene rings is 1. The highest BCUT2D eigenvalue weighted by molar-refractivity contribution is 7.90. The summed E-state index contributed by atoms with van der Waals surface area (Å²) < 4.78 is 22.7. The van der Waals surface area contributed by atoms with E-state index >= 15 is 0 Å². The highest BCUT2D eigenvalue weighted by Gasteiger charge is 2.09. The second-order valence-electron chi connectivity index (χ2n) is 4.60. The third kappa shape index (κ3) is 4.16. The van der Waals surface area contributed by atoms with Crippen molar-refractivity contribution in [3.05, 3.63) is 45.9 Å². The maximum Gasteiger partial charge on any atom is 0.270 e. The minimum atomic E-state index is -3.18. The number of aromatic nitrogens is 1. The van der Waals surface area contributed by atoms with Crippen molar-refractivity contribution in [3.8, 4) is 12.3 Å². The third-order valence-corrected chi connectivity index (χ3v) is 4.81. The second-order valence-corrected chi connectivity index (χ2v) is 7.48. The summed E-state index contributed by atoms with van der Waals surface area (Å²) in [5, 5.41) is 4.84. The van der Waals surface area contributed by atoms with E-state index in [2.05, 4.69) is 16.2 Å². The lowest BCUT2D eigenvalue weighted by atomic mass is 10.1. The fourth-order valence-electron chi connectivity index (χ4n) is 1.76. The molecule has 0 radical (unpaired) electrons. The van der Waals surface area contributed by atoms with Gasteiger partial charge in [-0.25, -0.2) is 13.4 Å². The Hall–Kier alpha value is -2.17. The molecule has 0 unspecified atom stereocenters. The number of hydrogen-bond acceptors (Lipinski definition) is 5. The summed E-state index contributed by atoms with van der Waals surface area (Å²) in [5.74, 6) is 2.11. The Kier molecular flexibility index (Phi) is 4.96. The van der Waals surface area contributed by atoms with E-state index in [1.807, 2.05) is 0 Å². The average Bonchev–Trinajstić information content (AvgIpc) is 2.96.